The van der Waals surface area contributed by atoms with Crippen LogP contribution in [0.3, 0.4) is 0 Å². The van der Waals surface area contributed by atoms with Crippen LogP contribution in [0.4, 0.5) is 5.82 Å². The monoisotopic (exact) mass is 236 g/mol. The fourth-order valence-corrected chi connectivity index (χ4v) is 1.90. The first kappa shape index (κ1) is 14.0. The molecule has 1 rings (SSSR count). The smallest absolute Gasteiger partial charge is 0.128 e. The van der Waals surface area contributed by atoms with E-state index in [9.17, 15) is 5.11 Å². The third kappa shape index (κ3) is 4.00. The van der Waals surface area contributed by atoms with Gasteiger partial charge in [-0.1, -0.05) is 26.8 Å². The third-order valence-corrected chi connectivity index (χ3v) is 2.85. The molecule has 0 radical (unpaired) electrons. The summed E-state index contributed by atoms with van der Waals surface area (Å²) >= 11 is 0. The Bertz CT molecular complexity index is 305. The Labute approximate surface area is 104 Å². The molecule has 0 saturated heterocycles. The Balaban J connectivity index is 2.76. The van der Waals surface area contributed by atoms with Crippen molar-refractivity contribution in [1.29, 1.82) is 0 Å². The SMILES string of the molecule is CCCN(CCC)c1ccc([C@@H](O)CC)cn1. The number of pyridine rings is 1. The second-order valence-corrected chi connectivity index (χ2v) is 4.36. The molecule has 0 spiro atoms. The van der Waals surface area contributed by atoms with Crippen LogP contribution in [0.15, 0.2) is 18.3 Å². The molecule has 0 aliphatic rings. The van der Waals surface area contributed by atoms with Gasteiger partial charge in [0.05, 0.1) is 6.10 Å². The lowest BCUT2D eigenvalue weighted by atomic mass is 10.1. The number of hydrogen-bond acceptors (Lipinski definition) is 3. The van der Waals surface area contributed by atoms with Gasteiger partial charge in [0.15, 0.2) is 0 Å². The maximum atomic E-state index is 9.71. The summed E-state index contributed by atoms with van der Waals surface area (Å²) in [6.45, 7) is 8.40. The fourth-order valence-electron chi connectivity index (χ4n) is 1.90. The molecule has 0 aromatic carbocycles. The summed E-state index contributed by atoms with van der Waals surface area (Å²) in [5.41, 5.74) is 0.907. The lowest BCUT2D eigenvalue weighted by Gasteiger charge is -2.22. The van der Waals surface area contributed by atoms with Crippen LogP contribution in [0.25, 0.3) is 0 Å². The second kappa shape index (κ2) is 7.28. The van der Waals surface area contributed by atoms with Gasteiger partial charge in [-0.25, -0.2) is 4.98 Å². The Kier molecular flexibility index (Phi) is 5.98. The molecule has 3 heteroatoms. The molecule has 0 fully saturated rings. The Morgan fingerprint density at radius 3 is 2.24 bits per heavy atom. The van der Waals surface area contributed by atoms with Gasteiger partial charge in [0, 0.05) is 19.3 Å². The first-order valence-electron chi connectivity index (χ1n) is 6.61. The van der Waals surface area contributed by atoms with Crippen LogP contribution in [0.5, 0.6) is 0 Å². The highest BCUT2D eigenvalue weighted by atomic mass is 16.3. The van der Waals surface area contributed by atoms with E-state index >= 15 is 0 Å². The molecule has 3 nitrogen and oxygen atoms in total. The van der Waals surface area contributed by atoms with Crippen LogP contribution in [0.2, 0.25) is 0 Å². The summed E-state index contributed by atoms with van der Waals surface area (Å²) in [5, 5.41) is 9.71. The molecule has 0 aliphatic heterocycles. The second-order valence-electron chi connectivity index (χ2n) is 4.36. The molecule has 0 aliphatic carbocycles. The minimum atomic E-state index is -0.387. The first-order chi connectivity index (χ1) is 8.22. The van der Waals surface area contributed by atoms with Gasteiger partial charge < -0.3 is 10.0 Å². The molecule has 1 aromatic heterocycles. The number of nitrogens with zero attached hydrogens (tertiary/aromatic N) is 2. The molecular weight excluding hydrogens is 212 g/mol. The van der Waals surface area contributed by atoms with E-state index in [2.05, 4.69) is 23.7 Å². The molecular formula is C14H24N2O. The van der Waals surface area contributed by atoms with Gasteiger partial charge in [0.2, 0.25) is 0 Å². The van der Waals surface area contributed by atoms with Crippen LogP contribution < -0.4 is 4.90 Å². The van der Waals surface area contributed by atoms with E-state index in [0.717, 1.165) is 43.7 Å². The molecule has 0 unspecified atom stereocenters. The molecule has 1 N–H and O–H groups in total. The summed E-state index contributed by atoms with van der Waals surface area (Å²) < 4.78 is 0. The van der Waals surface area contributed by atoms with Crippen LogP contribution in [0, 0.1) is 0 Å². The van der Waals surface area contributed by atoms with Crippen molar-refractivity contribution >= 4 is 5.82 Å². The highest BCUT2D eigenvalue weighted by Crippen LogP contribution is 2.18. The molecule has 96 valence electrons. The Hall–Kier alpha value is -1.09. The van der Waals surface area contributed by atoms with E-state index in [1.165, 1.54) is 0 Å². The van der Waals surface area contributed by atoms with Crippen molar-refractivity contribution in [3.05, 3.63) is 23.9 Å². The minimum Gasteiger partial charge on any atom is -0.388 e. The standard InChI is InChI=1S/C14H24N2O/c1-4-9-16(10-5-2)14-8-7-12(11-15-14)13(17)6-3/h7-8,11,13,17H,4-6,9-10H2,1-3H3/t13-/m0/s1. The molecule has 1 heterocycles. The highest BCUT2D eigenvalue weighted by molar-refractivity contribution is 5.39. The predicted molar refractivity (Wildman–Crippen MR) is 72.3 cm³/mol. The number of aliphatic hydroxyl groups excluding tert-OH is 1. The van der Waals surface area contributed by atoms with Crippen molar-refractivity contribution in [2.24, 2.45) is 0 Å². The third-order valence-electron chi connectivity index (χ3n) is 2.85. The van der Waals surface area contributed by atoms with Crippen molar-refractivity contribution in [2.45, 2.75) is 46.1 Å². The van der Waals surface area contributed by atoms with Crippen molar-refractivity contribution in [1.82, 2.24) is 4.98 Å². The van der Waals surface area contributed by atoms with E-state index in [4.69, 9.17) is 0 Å². The van der Waals surface area contributed by atoms with Crippen LogP contribution in [-0.4, -0.2) is 23.2 Å². The van der Waals surface area contributed by atoms with Gasteiger partial charge in [0.1, 0.15) is 5.82 Å². The first-order valence-corrected chi connectivity index (χ1v) is 6.61. The summed E-state index contributed by atoms with van der Waals surface area (Å²) in [6, 6.07) is 3.99. The van der Waals surface area contributed by atoms with Gasteiger partial charge in [-0.3, -0.25) is 0 Å². The van der Waals surface area contributed by atoms with Crippen LogP contribution in [0.1, 0.15) is 51.7 Å². The molecule has 1 atom stereocenters. The van der Waals surface area contributed by atoms with Gasteiger partial charge in [-0.2, -0.15) is 0 Å². The molecule has 17 heavy (non-hydrogen) atoms. The molecule has 0 amide bonds. The summed E-state index contributed by atoms with van der Waals surface area (Å²) in [5.74, 6) is 1.01. The van der Waals surface area contributed by atoms with E-state index in [1.807, 2.05) is 19.1 Å². The van der Waals surface area contributed by atoms with Gasteiger partial charge in [-0.15, -0.1) is 0 Å². The van der Waals surface area contributed by atoms with Crippen molar-refractivity contribution in [3.63, 3.8) is 0 Å². The lowest BCUT2D eigenvalue weighted by Crippen LogP contribution is -2.25. The quantitative estimate of drug-likeness (QED) is 0.790. The maximum Gasteiger partial charge on any atom is 0.128 e. The molecule has 0 saturated carbocycles. The average molecular weight is 236 g/mol. The maximum absolute atomic E-state index is 9.71. The number of aliphatic hydroxyl groups is 1. The molecule has 1 aromatic rings. The Morgan fingerprint density at radius 2 is 1.82 bits per heavy atom. The van der Waals surface area contributed by atoms with E-state index < -0.39 is 0 Å². The zero-order valence-electron chi connectivity index (χ0n) is 11.2. The van der Waals surface area contributed by atoms with E-state index in [1.54, 1.807) is 6.20 Å². The summed E-state index contributed by atoms with van der Waals surface area (Å²) in [4.78, 5) is 6.74. The van der Waals surface area contributed by atoms with Crippen LogP contribution in [-0.2, 0) is 0 Å². The summed E-state index contributed by atoms with van der Waals surface area (Å²) in [6.07, 6.45) is 4.39. The van der Waals surface area contributed by atoms with Gasteiger partial charge in [0.25, 0.3) is 0 Å². The predicted octanol–water partition coefficient (Wildman–Crippen LogP) is 3.15. The zero-order valence-corrected chi connectivity index (χ0v) is 11.2. The molecule has 0 bridgehead atoms. The van der Waals surface area contributed by atoms with Crippen molar-refractivity contribution in [3.8, 4) is 0 Å². The van der Waals surface area contributed by atoms with Gasteiger partial charge >= 0.3 is 0 Å². The largest absolute Gasteiger partial charge is 0.388 e. The number of aromatic nitrogens is 1. The number of anilines is 1. The van der Waals surface area contributed by atoms with Crippen molar-refractivity contribution < 1.29 is 5.11 Å². The van der Waals surface area contributed by atoms with Crippen LogP contribution >= 0.6 is 0 Å². The van der Waals surface area contributed by atoms with E-state index in [-0.39, 0.29) is 6.10 Å². The lowest BCUT2D eigenvalue weighted by molar-refractivity contribution is 0.173. The average Bonchev–Trinajstić information content (AvgIpc) is 2.38. The van der Waals surface area contributed by atoms with Gasteiger partial charge in [-0.05, 0) is 30.9 Å². The minimum absolute atomic E-state index is 0.387. The van der Waals surface area contributed by atoms with Crippen molar-refractivity contribution in [2.75, 3.05) is 18.0 Å². The Morgan fingerprint density at radius 1 is 1.18 bits per heavy atom. The van der Waals surface area contributed by atoms with E-state index in [0.29, 0.717) is 0 Å². The zero-order chi connectivity index (χ0) is 12.7. The normalized spacial score (nSPS) is 12.5. The highest BCUT2D eigenvalue weighted by Gasteiger charge is 2.08. The topological polar surface area (TPSA) is 36.4 Å². The summed E-state index contributed by atoms with van der Waals surface area (Å²) in [7, 11) is 0. The number of rotatable bonds is 7. The fraction of sp³-hybridized carbons (Fsp3) is 0.643. The number of hydrogen-bond donors (Lipinski definition) is 1.